The van der Waals surface area contributed by atoms with Crippen LogP contribution in [-0.4, -0.2) is 4.98 Å². The van der Waals surface area contributed by atoms with Gasteiger partial charge in [-0.05, 0) is 30.5 Å². The first-order valence-corrected chi connectivity index (χ1v) is 7.16. The summed E-state index contributed by atoms with van der Waals surface area (Å²) >= 11 is 0. The Morgan fingerprint density at radius 1 is 1.00 bits per heavy atom. The number of hydrogen-bond acceptors (Lipinski definition) is 1. The lowest BCUT2D eigenvalue weighted by molar-refractivity contribution is 0.607. The molecule has 1 aromatic carbocycles. The van der Waals surface area contributed by atoms with E-state index < -0.39 is 0 Å². The molecule has 0 bridgehead atoms. The molecule has 18 heavy (non-hydrogen) atoms. The molecule has 0 amide bonds. The zero-order valence-corrected chi connectivity index (χ0v) is 11.3. The molecule has 2 aromatic rings. The van der Waals surface area contributed by atoms with Crippen molar-refractivity contribution >= 4 is 10.9 Å². The Kier molecular flexibility index (Phi) is 5.19. The number of rotatable bonds is 7. The SMILES string of the molecule is CCCCCCCCc1[c]nc2ccccc2c1. The van der Waals surface area contributed by atoms with Crippen molar-refractivity contribution in [3.05, 3.63) is 42.1 Å². The maximum atomic E-state index is 4.38. The Morgan fingerprint density at radius 2 is 1.78 bits per heavy atom. The largest absolute Gasteiger partial charge is 0.246 e. The zero-order chi connectivity index (χ0) is 12.6. The van der Waals surface area contributed by atoms with E-state index in [-0.39, 0.29) is 0 Å². The summed E-state index contributed by atoms with van der Waals surface area (Å²) in [7, 11) is 0. The second kappa shape index (κ2) is 7.15. The van der Waals surface area contributed by atoms with Crippen LogP contribution in [0.4, 0.5) is 0 Å². The van der Waals surface area contributed by atoms with E-state index in [1.807, 2.05) is 12.1 Å². The van der Waals surface area contributed by atoms with Gasteiger partial charge in [-0.15, -0.1) is 0 Å². The Bertz CT molecular complexity index is 476. The minimum atomic E-state index is 1.05. The molecule has 0 aliphatic heterocycles. The summed E-state index contributed by atoms with van der Waals surface area (Å²) in [6, 6.07) is 10.5. The highest BCUT2D eigenvalue weighted by molar-refractivity contribution is 5.78. The maximum Gasteiger partial charge on any atom is 0.0928 e. The molecule has 0 atom stereocenters. The van der Waals surface area contributed by atoms with Crippen LogP contribution in [0.2, 0.25) is 0 Å². The van der Waals surface area contributed by atoms with E-state index in [9.17, 15) is 0 Å². The molecule has 0 unspecified atom stereocenters. The van der Waals surface area contributed by atoms with E-state index in [0.717, 1.165) is 11.9 Å². The van der Waals surface area contributed by atoms with Crippen LogP contribution in [0.1, 0.15) is 51.0 Å². The van der Waals surface area contributed by atoms with Gasteiger partial charge in [0.2, 0.25) is 0 Å². The van der Waals surface area contributed by atoms with E-state index in [1.165, 1.54) is 49.5 Å². The smallest absolute Gasteiger partial charge is 0.0928 e. The second-order valence-corrected chi connectivity index (χ2v) is 4.97. The molecular weight excluding hydrogens is 218 g/mol. The topological polar surface area (TPSA) is 12.9 Å². The molecule has 0 saturated heterocycles. The molecule has 0 aliphatic rings. The predicted molar refractivity (Wildman–Crippen MR) is 77.7 cm³/mol. The number of nitrogens with zero attached hydrogens (tertiary/aromatic N) is 1. The quantitative estimate of drug-likeness (QED) is 0.625. The van der Waals surface area contributed by atoms with Crippen LogP contribution < -0.4 is 0 Å². The van der Waals surface area contributed by atoms with Gasteiger partial charge >= 0.3 is 0 Å². The van der Waals surface area contributed by atoms with Crippen molar-refractivity contribution in [3.63, 3.8) is 0 Å². The minimum absolute atomic E-state index is 1.05. The van der Waals surface area contributed by atoms with Crippen LogP contribution in [0.5, 0.6) is 0 Å². The molecule has 0 saturated carbocycles. The van der Waals surface area contributed by atoms with E-state index >= 15 is 0 Å². The van der Waals surface area contributed by atoms with Gasteiger partial charge in [0.05, 0.1) is 11.7 Å². The first kappa shape index (κ1) is 13.1. The highest BCUT2D eigenvalue weighted by Gasteiger charge is 1.98. The number of aryl methyl sites for hydroxylation is 1. The zero-order valence-electron chi connectivity index (χ0n) is 11.3. The fourth-order valence-electron chi connectivity index (χ4n) is 2.29. The van der Waals surface area contributed by atoms with Crippen LogP contribution in [0.25, 0.3) is 10.9 Å². The highest BCUT2D eigenvalue weighted by Crippen LogP contribution is 2.14. The summed E-state index contributed by atoms with van der Waals surface area (Å²) in [5, 5.41) is 1.23. The average Bonchev–Trinajstić information content (AvgIpc) is 2.42. The lowest BCUT2D eigenvalue weighted by Crippen LogP contribution is -1.89. The predicted octanol–water partition coefficient (Wildman–Crippen LogP) is 4.94. The fraction of sp³-hybridized carbons (Fsp3) is 0.471. The van der Waals surface area contributed by atoms with E-state index in [2.05, 4.69) is 36.3 Å². The molecule has 1 aromatic heterocycles. The van der Waals surface area contributed by atoms with Crippen LogP contribution in [-0.2, 0) is 6.42 Å². The lowest BCUT2D eigenvalue weighted by atomic mass is 10.0. The normalized spacial score (nSPS) is 10.9. The van der Waals surface area contributed by atoms with Crippen molar-refractivity contribution in [2.24, 2.45) is 0 Å². The first-order valence-electron chi connectivity index (χ1n) is 7.16. The van der Waals surface area contributed by atoms with Gasteiger partial charge in [-0.1, -0.05) is 57.2 Å². The third-order valence-corrected chi connectivity index (χ3v) is 3.39. The third kappa shape index (κ3) is 3.83. The van der Waals surface area contributed by atoms with Crippen LogP contribution in [0.3, 0.4) is 0 Å². The molecule has 1 heteroatoms. The van der Waals surface area contributed by atoms with E-state index in [4.69, 9.17) is 0 Å². The van der Waals surface area contributed by atoms with Crippen LogP contribution in [0.15, 0.2) is 30.3 Å². The summed E-state index contributed by atoms with van der Waals surface area (Å²) in [5.74, 6) is 0. The monoisotopic (exact) mass is 240 g/mol. The molecule has 0 fully saturated rings. The maximum absolute atomic E-state index is 4.38. The molecule has 2 rings (SSSR count). The van der Waals surface area contributed by atoms with Crippen LogP contribution >= 0.6 is 0 Å². The lowest BCUT2D eigenvalue weighted by Gasteiger charge is -2.03. The van der Waals surface area contributed by atoms with Gasteiger partial charge in [-0.3, -0.25) is 0 Å². The fourth-order valence-corrected chi connectivity index (χ4v) is 2.29. The number of aromatic nitrogens is 1. The van der Waals surface area contributed by atoms with Gasteiger partial charge in [0, 0.05) is 5.39 Å². The van der Waals surface area contributed by atoms with Crippen molar-refractivity contribution in [1.29, 1.82) is 0 Å². The van der Waals surface area contributed by atoms with Gasteiger partial charge in [0.15, 0.2) is 0 Å². The Balaban J connectivity index is 1.81. The molecule has 1 heterocycles. The summed E-state index contributed by atoms with van der Waals surface area (Å²) < 4.78 is 0. The summed E-state index contributed by atoms with van der Waals surface area (Å²) in [5.41, 5.74) is 2.30. The van der Waals surface area contributed by atoms with Crippen molar-refractivity contribution in [1.82, 2.24) is 4.98 Å². The van der Waals surface area contributed by atoms with Gasteiger partial charge in [-0.2, -0.15) is 0 Å². The first-order chi connectivity index (χ1) is 8.90. The van der Waals surface area contributed by atoms with Crippen LogP contribution in [0, 0.1) is 6.20 Å². The Morgan fingerprint density at radius 3 is 2.67 bits per heavy atom. The number of unbranched alkanes of at least 4 members (excludes halogenated alkanes) is 5. The second-order valence-electron chi connectivity index (χ2n) is 4.97. The van der Waals surface area contributed by atoms with Crippen molar-refractivity contribution in [2.75, 3.05) is 0 Å². The summed E-state index contributed by atoms with van der Waals surface area (Å²) in [4.78, 5) is 4.38. The molecule has 0 aliphatic carbocycles. The van der Waals surface area contributed by atoms with Gasteiger partial charge < -0.3 is 0 Å². The van der Waals surface area contributed by atoms with Gasteiger partial charge in [0.25, 0.3) is 0 Å². The molecular formula is C17H22N. The third-order valence-electron chi connectivity index (χ3n) is 3.39. The summed E-state index contributed by atoms with van der Waals surface area (Å²) in [6.45, 7) is 2.26. The molecule has 1 nitrogen and oxygen atoms in total. The van der Waals surface area contributed by atoms with Crippen molar-refractivity contribution in [2.45, 2.75) is 51.9 Å². The van der Waals surface area contributed by atoms with Gasteiger partial charge in [0.1, 0.15) is 0 Å². The van der Waals surface area contributed by atoms with E-state index in [0.29, 0.717) is 0 Å². The average molecular weight is 240 g/mol. The molecule has 95 valence electrons. The number of benzene rings is 1. The van der Waals surface area contributed by atoms with Crippen molar-refractivity contribution < 1.29 is 0 Å². The van der Waals surface area contributed by atoms with Crippen molar-refractivity contribution in [3.8, 4) is 0 Å². The highest BCUT2D eigenvalue weighted by atomic mass is 14.6. The van der Waals surface area contributed by atoms with Gasteiger partial charge in [-0.25, -0.2) is 4.98 Å². The Labute approximate surface area is 110 Å². The minimum Gasteiger partial charge on any atom is -0.246 e. The number of fused-ring (bicyclic) bond motifs is 1. The number of para-hydroxylation sites is 1. The van der Waals surface area contributed by atoms with E-state index in [1.54, 1.807) is 0 Å². The number of pyridine rings is 1. The Hall–Kier alpha value is -1.37. The molecule has 0 spiro atoms. The molecule has 1 radical (unpaired) electrons. The number of hydrogen-bond donors (Lipinski definition) is 0. The standard InChI is InChI=1S/C17H22N/c1-2-3-4-5-6-7-10-15-13-16-11-8-9-12-17(16)18-14-15/h8-9,11-13H,2-7,10H2,1H3. The summed E-state index contributed by atoms with van der Waals surface area (Å²) in [6.07, 6.45) is 12.3. The molecule has 0 N–H and O–H groups in total.